The standard InChI is InChI=1S/C23H28FN3O4S/c1-17(18-4-7-20(8-5-18)26-12-14-31-15-13-26)25-23(28)19-6-9-21(24)22(16-19)32(29,30)27-10-2-3-11-27/h4-9,16-17H,2-3,10-15H2,1H3,(H,25,28). The Kier molecular flexibility index (Phi) is 6.78. The quantitative estimate of drug-likeness (QED) is 0.716. The number of carbonyl (C=O) groups is 1. The van der Waals surface area contributed by atoms with E-state index in [0.29, 0.717) is 26.3 Å². The van der Waals surface area contributed by atoms with Crippen molar-refractivity contribution < 1.29 is 22.3 Å². The summed E-state index contributed by atoms with van der Waals surface area (Å²) in [7, 11) is -3.96. The van der Waals surface area contributed by atoms with Crippen LogP contribution in [-0.4, -0.2) is 58.0 Å². The Labute approximate surface area is 188 Å². The summed E-state index contributed by atoms with van der Waals surface area (Å²) in [4.78, 5) is 14.6. The Morgan fingerprint density at radius 1 is 1.03 bits per heavy atom. The lowest BCUT2D eigenvalue weighted by Gasteiger charge is -2.29. The summed E-state index contributed by atoms with van der Waals surface area (Å²) in [5, 5.41) is 2.88. The van der Waals surface area contributed by atoms with E-state index in [0.717, 1.165) is 49.3 Å². The zero-order valence-electron chi connectivity index (χ0n) is 18.1. The lowest BCUT2D eigenvalue weighted by molar-refractivity contribution is 0.0939. The SMILES string of the molecule is CC(NC(=O)c1ccc(F)c(S(=O)(=O)N2CCCC2)c1)c1ccc(N2CCOCC2)cc1. The van der Waals surface area contributed by atoms with Gasteiger partial charge in [-0.2, -0.15) is 4.31 Å². The van der Waals surface area contributed by atoms with Gasteiger partial charge in [-0.05, 0) is 55.7 Å². The number of nitrogens with zero attached hydrogens (tertiary/aromatic N) is 2. The molecule has 0 radical (unpaired) electrons. The highest BCUT2D eigenvalue weighted by Gasteiger charge is 2.30. The minimum absolute atomic E-state index is 0.112. The molecule has 0 aromatic heterocycles. The molecule has 1 unspecified atom stereocenters. The van der Waals surface area contributed by atoms with Crippen molar-refractivity contribution in [2.75, 3.05) is 44.3 Å². The number of anilines is 1. The molecule has 2 aromatic carbocycles. The fraction of sp³-hybridized carbons (Fsp3) is 0.435. The molecule has 0 aliphatic carbocycles. The molecule has 2 saturated heterocycles. The van der Waals surface area contributed by atoms with E-state index in [4.69, 9.17) is 4.74 Å². The van der Waals surface area contributed by atoms with Crippen LogP contribution in [0.15, 0.2) is 47.4 Å². The maximum Gasteiger partial charge on any atom is 0.251 e. The molecule has 7 nitrogen and oxygen atoms in total. The van der Waals surface area contributed by atoms with Gasteiger partial charge in [0.15, 0.2) is 0 Å². The first-order valence-electron chi connectivity index (χ1n) is 10.9. The molecule has 2 heterocycles. The van der Waals surface area contributed by atoms with Gasteiger partial charge in [0.25, 0.3) is 5.91 Å². The van der Waals surface area contributed by atoms with Gasteiger partial charge in [0.05, 0.1) is 19.3 Å². The summed E-state index contributed by atoms with van der Waals surface area (Å²) >= 11 is 0. The number of benzene rings is 2. The number of nitrogens with one attached hydrogen (secondary N) is 1. The van der Waals surface area contributed by atoms with Crippen LogP contribution in [0.5, 0.6) is 0 Å². The molecule has 32 heavy (non-hydrogen) atoms. The van der Waals surface area contributed by atoms with Crippen molar-refractivity contribution in [1.29, 1.82) is 0 Å². The van der Waals surface area contributed by atoms with Crippen LogP contribution in [0.2, 0.25) is 0 Å². The number of morpholine rings is 1. The van der Waals surface area contributed by atoms with E-state index in [2.05, 4.69) is 10.2 Å². The van der Waals surface area contributed by atoms with Gasteiger partial charge < -0.3 is 15.0 Å². The van der Waals surface area contributed by atoms with Gasteiger partial charge >= 0.3 is 0 Å². The first-order chi connectivity index (χ1) is 15.4. The van der Waals surface area contributed by atoms with Crippen LogP contribution in [-0.2, 0) is 14.8 Å². The largest absolute Gasteiger partial charge is 0.378 e. The number of rotatable bonds is 6. The third-order valence-corrected chi connectivity index (χ3v) is 7.91. The molecule has 1 atom stereocenters. The van der Waals surface area contributed by atoms with Crippen molar-refractivity contribution in [3.63, 3.8) is 0 Å². The topological polar surface area (TPSA) is 79.0 Å². The molecule has 2 aromatic rings. The van der Waals surface area contributed by atoms with E-state index in [1.165, 1.54) is 10.4 Å². The summed E-state index contributed by atoms with van der Waals surface area (Å²) in [6.07, 6.45) is 1.51. The Hall–Kier alpha value is -2.49. The molecular formula is C23H28FN3O4S. The first-order valence-corrected chi connectivity index (χ1v) is 12.3. The minimum Gasteiger partial charge on any atom is -0.378 e. The molecule has 9 heteroatoms. The van der Waals surface area contributed by atoms with Gasteiger partial charge in [0.2, 0.25) is 10.0 Å². The number of halogens is 1. The van der Waals surface area contributed by atoms with Gasteiger partial charge in [-0.1, -0.05) is 12.1 Å². The number of amides is 1. The second kappa shape index (κ2) is 9.56. The Morgan fingerprint density at radius 3 is 2.34 bits per heavy atom. The summed E-state index contributed by atoms with van der Waals surface area (Å²) in [6, 6.07) is 11.1. The van der Waals surface area contributed by atoms with Crippen LogP contribution in [0, 0.1) is 5.82 Å². The zero-order valence-corrected chi connectivity index (χ0v) is 18.9. The molecule has 2 aliphatic rings. The molecular weight excluding hydrogens is 433 g/mol. The van der Waals surface area contributed by atoms with Gasteiger partial charge in [0, 0.05) is 37.4 Å². The molecule has 0 saturated carbocycles. The van der Waals surface area contributed by atoms with Crippen molar-refractivity contribution in [3.05, 3.63) is 59.4 Å². The number of hydrogen-bond acceptors (Lipinski definition) is 5. The van der Waals surface area contributed by atoms with Gasteiger partial charge in [-0.3, -0.25) is 4.79 Å². The van der Waals surface area contributed by atoms with Crippen LogP contribution >= 0.6 is 0 Å². The van der Waals surface area contributed by atoms with Crippen LogP contribution in [0.4, 0.5) is 10.1 Å². The van der Waals surface area contributed by atoms with Crippen LogP contribution in [0.25, 0.3) is 0 Å². The summed E-state index contributed by atoms with van der Waals surface area (Å²) < 4.78 is 46.6. The van der Waals surface area contributed by atoms with Crippen molar-refractivity contribution in [2.45, 2.75) is 30.7 Å². The highest BCUT2D eigenvalue weighted by atomic mass is 32.2. The predicted octanol–water partition coefficient (Wildman–Crippen LogP) is 2.94. The average molecular weight is 462 g/mol. The smallest absolute Gasteiger partial charge is 0.251 e. The molecule has 2 aliphatic heterocycles. The monoisotopic (exact) mass is 461 g/mol. The van der Waals surface area contributed by atoms with Crippen molar-refractivity contribution >= 4 is 21.6 Å². The minimum atomic E-state index is -3.96. The Bertz CT molecular complexity index is 1060. The van der Waals surface area contributed by atoms with Crippen LogP contribution in [0.1, 0.15) is 41.7 Å². The molecule has 1 amide bonds. The number of carbonyl (C=O) groups excluding carboxylic acids is 1. The molecule has 2 fully saturated rings. The Morgan fingerprint density at radius 2 is 1.69 bits per heavy atom. The average Bonchev–Trinajstić information content (AvgIpc) is 3.36. The summed E-state index contributed by atoms with van der Waals surface area (Å²) in [5.74, 6) is -1.30. The van der Waals surface area contributed by atoms with E-state index in [9.17, 15) is 17.6 Å². The van der Waals surface area contributed by atoms with Crippen molar-refractivity contribution in [1.82, 2.24) is 9.62 Å². The van der Waals surface area contributed by atoms with E-state index >= 15 is 0 Å². The van der Waals surface area contributed by atoms with E-state index < -0.39 is 26.6 Å². The number of hydrogen-bond donors (Lipinski definition) is 1. The maximum absolute atomic E-state index is 14.4. The predicted molar refractivity (Wildman–Crippen MR) is 120 cm³/mol. The number of ether oxygens (including phenoxy) is 1. The molecule has 172 valence electrons. The molecule has 4 rings (SSSR count). The zero-order chi connectivity index (χ0) is 22.7. The number of sulfonamides is 1. The van der Waals surface area contributed by atoms with Crippen LogP contribution in [0.3, 0.4) is 0 Å². The second-order valence-corrected chi connectivity index (χ2v) is 10.0. The fourth-order valence-electron chi connectivity index (χ4n) is 4.07. The summed E-state index contributed by atoms with van der Waals surface area (Å²) in [6.45, 7) is 5.71. The lowest BCUT2D eigenvalue weighted by Crippen LogP contribution is -2.36. The molecule has 0 spiro atoms. The van der Waals surface area contributed by atoms with Gasteiger partial charge in [-0.15, -0.1) is 0 Å². The lowest BCUT2D eigenvalue weighted by atomic mass is 10.1. The Balaban J connectivity index is 1.46. The van der Waals surface area contributed by atoms with E-state index in [-0.39, 0.29) is 11.6 Å². The van der Waals surface area contributed by atoms with Gasteiger partial charge in [-0.25, -0.2) is 12.8 Å². The molecule has 1 N–H and O–H groups in total. The highest BCUT2D eigenvalue weighted by Crippen LogP contribution is 2.25. The second-order valence-electron chi connectivity index (χ2n) is 8.14. The van der Waals surface area contributed by atoms with E-state index in [1.54, 1.807) is 0 Å². The third kappa shape index (κ3) is 4.79. The van der Waals surface area contributed by atoms with Gasteiger partial charge in [0.1, 0.15) is 10.7 Å². The fourth-order valence-corrected chi connectivity index (χ4v) is 5.68. The van der Waals surface area contributed by atoms with E-state index in [1.807, 2.05) is 31.2 Å². The highest BCUT2D eigenvalue weighted by molar-refractivity contribution is 7.89. The maximum atomic E-state index is 14.4. The van der Waals surface area contributed by atoms with Crippen molar-refractivity contribution in [2.24, 2.45) is 0 Å². The van der Waals surface area contributed by atoms with Crippen LogP contribution < -0.4 is 10.2 Å². The molecule has 0 bridgehead atoms. The van der Waals surface area contributed by atoms with Crippen molar-refractivity contribution in [3.8, 4) is 0 Å². The first kappa shape index (κ1) is 22.7. The summed E-state index contributed by atoms with van der Waals surface area (Å²) in [5.41, 5.74) is 2.13. The third-order valence-electron chi connectivity index (χ3n) is 5.99. The normalized spacial score (nSPS) is 18.5.